The maximum Gasteiger partial charge on any atom is 0.264 e. The maximum atomic E-state index is 2.59. The molecular weight excluding hydrogens is 709 g/mol. The summed E-state index contributed by atoms with van der Waals surface area (Å²) >= 11 is 1.97. The first-order valence-corrected chi connectivity index (χ1v) is 21.0. The lowest BCUT2D eigenvalue weighted by atomic mass is 9.36. The number of benzene rings is 7. The highest BCUT2D eigenvalue weighted by atomic mass is 32.1. The van der Waals surface area contributed by atoms with Gasteiger partial charge in [-0.05, 0) is 118 Å². The van der Waals surface area contributed by atoms with Gasteiger partial charge in [0, 0.05) is 54.4 Å². The van der Waals surface area contributed by atoms with E-state index in [0.717, 1.165) is 5.69 Å². The highest BCUT2D eigenvalue weighted by Crippen LogP contribution is 2.55. The van der Waals surface area contributed by atoms with Crippen molar-refractivity contribution in [3.05, 3.63) is 180 Å². The Kier molecular flexibility index (Phi) is 7.35. The van der Waals surface area contributed by atoms with Gasteiger partial charge in [0.15, 0.2) is 0 Å². The molecule has 3 aliphatic rings. The van der Waals surface area contributed by atoms with Crippen LogP contribution in [0.15, 0.2) is 158 Å². The Bertz CT molecular complexity index is 2890. The average Bonchev–Trinajstić information content (AvgIpc) is 3.59. The minimum atomic E-state index is -0.241. The summed E-state index contributed by atoms with van der Waals surface area (Å²) in [6, 6.07) is 59.1. The Morgan fingerprint density at radius 2 is 1.09 bits per heavy atom. The Hall–Kier alpha value is -6.04. The van der Waals surface area contributed by atoms with E-state index >= 15 is 0 Å². The van der Waals surface area contributed by atoms with Crippen molar-refractivity contribution in [1.82, 2.24) is 0 Å². The van der Waals surface area contributed by atoms with Crippen molar-refractivity contribution in [2.45, 2.75) is 52.4 Å². The fraction of sp³-hybridized carbons (Fsp3) is 0.154. The SMILES string of the molecule is Cc1cc2c3c(c1)N(c1ccccc1)c1c(sc4ccc(C(C)(C)C)cc14)B3c1cc3c(cc1N2c1ccccc1)N(c1ccccc1)c1ccccc1C3(C)C. The van der Waals surface area contributed by atoms with E-state index in [9.17, 15) is 0 Å². The molecule has 11 rings (SSSR count). The summed E-state index contributed by atoms with van der Waals surface area (Å²) in [4.78, 5) is 7.62. The fourth-order valence-corrected chi connectivity index (χ4v) is 11.1. The second-order valence-electron chi connectivity index (χ2n) is 17.5. The van der Waals surface area contributed by atoms with E-state index in [1.54, 1.807) is 0 Å². The van der Waals surface area contributed by atoms with E-state index in [2.05, 4.69) is 214 Å². The zero-order valence-electron chi connectivity index (χ0n) is 33.3. The van der Waals surface area contributed by atoms with Crippen LogP contribution in [0.4, 0.5) is 51.2 Å². The summed E-state index contributed by atoms with van der Waals surface area (Å²) in [7, 11) is 0. The molecule has 276 valence electrons. The van der Waals surface area contributed by atoms with E-state index in [4.69, 9.17) is 0 Å². The monoisotopic (exact) mass is 753 g/mol. The van der Waals surface area contributed by atoms with Gasteiger partial charge in [0.05, 0.1) is 17.1 Å². The third-order valence-electron chi connectivity index (χ3n) is 12.6. The number of thiophene rings is 1. The molecule has 0 radical (unpaired) electrons. The smallest absolute Gasteiger partial charge is 0.264 e. The first-order valence-electron chi connectivity index (χ1n) is 20.1. The van der Waals surface area contributed by atoms with Crippen LogP contribution in [0.5, 0.6) is 0 Å². The predicted molar refractivity (Wildman–Crippen MR) is 246 cm³/mol. The minimum Gasteiger partial charge on any atom is -0.311 e. The highest BCUT2D eigenvalue weighted by Gasteiger charge is 2.47. The average molecular weight is 754 g/mol. The normalized spacial score (nSPS) is 14.8. The van der Waals surface area contributed by atoms with E-state index in [-0.39, 0.29) is 17.5 Å². The van der Waals surface area contributed by atoms with Gasteiger partial charge in [-0.1, -0.05) is 120 Å². The molecule has 0 atom stereocenters. The van der Waals surface area contributed by atoms with Gasteiger partial charge in [-0.15, -0.1) is 11.3 Å². The third kappa shape index (κ3) is 4.98. The van der Waals surface area contributed by atoms with Gasteiger partial charge in [-0.2, -0.15) is 0 Å². The molecule has 0 saturated carbocycles. The topological polar surface area (TPSA) is 9.72 Å². The lowest BCUT2D eigenvalue weighted by Gasteiger charge is -2.46. The van der Waals surface area contributed by atoms with Crippen LogP contribution in [0.1, 0.15) is 56.9 Å². The number of fused-ring (bicyclic) bond motifs is 8. The summed E-state index contributed by atoms with van der Waals surface area (Å²) in [5.41, 5.74) is 18.8. The predicted octanol–water partition coefficient (Wildman–Crippen LogP) is 12.7. The maximum absolute atomic E-state index is 2.59. The van der Waals surface area contributed by atoms with Crippen LogP contribution >= 0.6 is 11.3 Å². The van der Waals surface area contributed by atoms with Crippen molar-refractivity contribution < 1.29 is 0 Å². The Morgan fingerprint density at radius 1 is 0.526 bits per heavy atom. The Labute approximate surface area is 340 Å². The van der Waals surface area contributed by atoms with Gasteiger partial charge in [-0.25, -0.2) is 0 Å². The Balaban J connectivity index is 1.28. The molecule has 7 aromatic carbocycles. The lowest BCUT2D eigenvalue weighted by molar-refractivity contribution is 0.591. The summed E-state index contributed by atoms with van der Waals surface area (Å²) in [6.45, 7) is 14.1. The first-order chi connectivity index (χ1) is 27.6. The van der Waals surface area contributed by atoms with Crippen LogP contribution in [0.3, 0.4) is 0 Å². The molecule has 5 heteroatoms. The number of anilines is 9. The van der Waals surface area contributed by atoms with Crippen molar-refractivity contribution in [3.8, 4) is 0 Å². The van der Waals surface area contributed by atoms with Gasteiger partial charge in [0.25, 0.3) is 6.71 Å². The van der Waals surface area contributed by atoms with E-state index in [1.807, 2.05) is 11.3 Å². The van der Waals surface area contributed by atoms with Gasteiger partial charge in [0.1, 0.15) is 0 Å². The minimum absolute atomic E-state index is 0.0239. The molecule has 3 aliphatic heterocycles. The summed E-state index contributed by atoms with van der Waals surface area (Å²) in [6.07, 6.45) is 0. The van der Waals surface area contributed by atoms with E-state index in [1.165, 1.54) is 93.5 Å². The number of aryl methyl sites for hydroxylation is 1. The molecule has 3 nitrogen and oxygen atoms in total. The number of para-hydroxylation sites is 4. The molecule has 0 fully saturated rings. The molecule has 0 spiro atoms. The first kappa shape index (κ1) is 34.2. The zero-order valence-corrected chi connectivity index (χ0v) is 34.2. The third-order valence-corrected chi connectivity index (χ3v) is 13.8. The summed E-state index contributed by atoms with van der Waals surface area (Å²) < 4.78 is 2.73. The van der Waals surface area contributed by atoms with Gasteiger partial charge >= 0.3 is 0 Å². The molecule has 0 aliphatic carbocycles. The summed E-state index contributed by atoms with van der Waals surface area (Å²) in [5, 5.41) is 1.33. The van der Waals surface area contributed by atoms with E-state index in [0.29, 0.717) is 0 Å². The fourth-order valence-electron chi connectivity index (χ4n) is 9.83. The van der Waals surface area contributed by atoms with Crippen LogP contribution < -0.4 is 30.4 Å². The molecule has 0 bridgehead atoms. The van der Waals surface area contributed by atoms with Crippen LogP contribution in [-0.4, -0.2) is 6.71 Å². The molecule has 0 saturated heterocycles. The summed E-state index contributed by atoms with van der Waals surface area (Å²) in [5.74, 6) is 0. The molecule has 0 unspecified atom stereocenters. The molecule has 1 aromatic heterocycles. The molecule has 0 amide bonds. The van der Waals surface area contributed by atoms with Gasteiger partial charge < -0.3 is 14.7 Å². The number of rotatable bonds is 3. The van der Waals surface area contributed by atoms with Crippen LogP contribution in [0.2, 0.25) is 0 Å². The van der Waals surface area contributed by atoms with Crippen LogP contribution in [0.25, 0.3) is 10.1 Å². The Morgan fingerprint density at radius 3 is 1.72 bits per heavy atom. The molecular formula is C52H44BN3S. The largest absolute Gasteiger partial charge is 0.311 e. The van der Waals surface area contributed by atoms with Crippen LogP contribution in [0, 0.1) is 6.92 Å². The molecule has 8 aromatic rings. The zero-order chi connectivity index (χ0) is 38.8. The lowest BCUT2D eigenvalue weighted by Crippen LogP contribution is -2.60. The van der Waals surface area contributed by atoms with Gasteiger partial charge in [0.2, 0.25) is 0 Å². The van der Waals surface area contributed by atoms with Crippen LogP contribution in [-0.2, 0) is 10.8 Å². The quantitative estimate of drug-likeness (QED) is 0.166. The second-order valence-corrected chi connectivity index (χ2v) is 18.6. The van der Waals surface area contributed by atoms with E-state index < -0.39 is 0 Å². The number of hydrogen-bond donors (Lipinski definition) is 0. The van der Waals surface area contributed by atoms with Crippen molar-refractivity contribution in [1.29, 1.82) is 0 Å². The van der Waals surface area contributed by atoms with Gasteiger partial charge in [-0.3, -0.25) is 0 Å². The number of nitrogens with zero attached hydrogens (tertiary/aromatic N) is 3. The standard InChI is InChI=1S/C52H44BN3S/c1-33-28-45-48-46(29-33)56(37-22-14-9-15-23-37)49-38-30-34(51(2,3)4)26-27-47(38)57-50(49)53(48)41-31-40-43(32-44(41)55(45)36-20-12-8-13-21-36)54(35-18-10-7-11-19-35)42-25-17-16-24-39(42)52(40,5)6/h7-32H,1-6H3. The van der Waals surface area contributed by atoms with Crippen molar-refractivity contribution in [3.63, 3.8) is 0 Å². The van der Waals surface area contributed by atoms with Crippen molar-refractivity contribution in [2.75, 3.05) is 14.7 Å². The highest BCUT2D eigenvalue weighted by molar-refractivity contribution is 7.33. The molecule has 4 heterocycles. The molecule has 57 heavy (non-hydrogen) atoms. The second kappa shape index (κ2) is 12.2. The number of hydrogen-bond acceptors (Lipinski definition) is 4. The van der Waals surface area contributed by atoms with Crippen molar-refractivity contribution >= 4 is 95.0 Å². The van der Waals surface area contributed by atoms with Crippen molar-refractivity contribution in [2.24, 2.45) is 0 Å². The molecule has 0 N–H and O–H groups in total.